The third kappa shape index (κ3) is 8.08. The molecule has 1 aliphatic rings. The van der Waals surface area contributed by atoms with Crippen LogP contribution in [0.25, 0.3) is 17.1 Å². The minimum Gasteiger partial charge on any atom is -0.508 e. The summed E-state index contributed by atoms with van der Waals surface area (Å²) in [7, 11) is 0. The number of benzene rings is 3. The average Bonchev–Trinajstić information content (AvgIpc) is 3.90. The molecule has 0 radical (unpaired) electrons. The molecule has 55 heavy (non-hydrogen) atoms. The minimum absolute atomic E-state index is 0.00135. The lowest BCUT2D eigenvalue weighted by molar-refractivity contribution is -0.125. The molecule has 6 aromatic rings. The van der Waals surface area contributed by atoms with Gasteiger partial charge in [-0.05, 0) is 59.5 Å². The first kappa shape index (κ1) is 36.5. The fourth-order valence-corrected chi connectivity index (χ4v) is 6.50. The molecule has 1 saturated carbocycles. The van der Waals surface area contributed by atoms with Crippen molar-refractivity contribution < 1.29 is 40.2 Å². The van der Waals surface area contributed by atoms with Crippen molar-refractivity contribution >= 4 is 34.9 Å². The molecule has 19 nitrogen and oxygen atoms in total. The molecule has 284 valence electrons. The second-order valence-electron chi connectivity index (χ2n) is 12.9. The van der Waals surface area contributed by atoms with Crippen LogP contribution in [0.5, 0.6) is 17.2 Å². The Morgan fingerprint density at radius 3 is 2.24 bits per heavy atom. The fourth-order valence-electron chi connectivity index (χ4n) is 6.50. The molecular formula is C36H37N11O8. The molecule has 3 aromatic heterocycles. The largest absolute Gasteiger partial charge is 0.508 e. The summed E-state index contributed by atoms with van der Waals surface area (Å²) in [5.41, 5.74) is 2.90. The Bertz CT molecular complexity index is 2250. The standard InChI is InChI=1S/C36H37N11O8/c48-16-28(52)41-26-13-27(31(54)30(26)53)46-17-39-29-32(37-15-25(20-4-8-22(49)9-5-20)21-6-10-23(50)11-7-21)42-35(43-33(29)46)47-18-40-34(45-47)44-36(55)38-14-19-2-1-3-24(51)12-19/h1-12,17-18,25-27,30-31,48-51,53-54H,13-16H2,(H,41,52)(H,37,42,43)(H2,38,44,45,55)/t26-,27+,30+,31-/m0/s1. The number of hydrogen-bond donors (Lipinski definition) is 10. The number of carbonyl (C=O) groups is 2. The maximum atomic E-state index is 12.7. The molecular weight excluding hydrogens is 714 g/mol. The maximum Gasteiger partial charge on any atom is 0.321 e. The Balaban J connectivity index is 1.21. The van der Waals surface area contributed by atoms with Crippen LogP contribution in [0.4, 0.5) is 16.6 Å². The molecule has 7 rings (SSSR count). The van der Waals surface area contributed by atoms with Crippen molar-refractivity contribution in [2.24, 2.45) is 0 Å². The van der Waals surface area contributed by atoms with Gasteiger partial charge >= 0.3 is 6.03 Å². The Labute approximate surface area is 312 Å². The van der Waals surface area contributed by atoms with Gasteiger partial charge in [-0.1, -0.05) is 36.4 Å². The summed E-state index contributed by atoms with van der Waals surface area (Å²) in [4.78, 5) is 42.7. The zero-order valence-corrected chi connectivity index (χ0v) is 28.9. The summed E-state index contributed by atoms with van der Waals surface area (Å²) in [6.07, 6.45) is 0.121. The summed E-state index contributed by atoms with van der Waals surface area (Å²) < 4.78 is 2.79. The molecule has 0 bridgehead atoms. The highest BCUT2D eigenvalue weighted by Crippen LogP contribution is 2.35. The van der Waals surface area contributed by atoms with Crippen LogP contribution in [0.15, 0.2) is 85.5 Å². The molecule has 3 amide bonds. The van der Waals surface area contributed by atoms with Crippen molar-refractivity contribution in [3.63, 3.8) is 0 Å². The van der Waals surface area contributed by atoms with Crippen molar-refractivity contribution in [3.8, 4) is 23.2 Å². The normalized spacial score (nSPS) is 18.0. The molecule has 3 heterocycles. The molecule has 0 unspecified atom stereocenters. The molecule has 0 spiro atoms. The lowest BCUT2D eigenvalue weighted by Gasteiger charge is -2.20. The van der Waals surface area contributed by atoms with Gasteiger partial charge in [0.1, 0.15) is 42.4 Å². The highest BCUT2D eigenvalue weighted by molar-refractivity contribution is 5.87. The van der Waals surface area contributed by atoms with Crippen LogP contribution >= 0.6 is 0 Å². The zero-order valence-electron chi connectivity index (χ0n) is 28.9. The molecule has 3 aromatic carbocycles. The number of aliphatic hydroxyl groups is 3. The van der Waals surface area contributed by atoms with E-state index in [4.69, 9.17) is 9.97 Å². The lowest BCUT2D eigenvalue weighted by Crippen LogP contribution is -2.44. The van der Waals surface area contributed by atoms with E-state index < -0.39 is 42.8 Å². The van der Waals surface area contributed by atoms with Gasteiger partial charge in [0.25, 0.3) is 11.9 Å². The van der Waals surface area contributed by atoms with Gasteiger partial charge < -0.3 is 51.2 Å². The lowest BCUT2D eigenvalue weighted by atomic mass is 9.91. The molecule has 19 heteroatoms. The SMILES string of the molecule is O=C(CO)N[C@H]1C[C@@H](n2cnc3c(NCC(c4ccc(O)cc4)c4ccc(O)cc4)nc(-n4cnc(NC(=O)NCc5cccc(O)c5)n4)nc32)[C@H](O)[C@@H]1O. The van der Waals surface area contributed by atoms with E-state index >= 15 is 0 Å². The van der Waals surface area contributed by atoms with Gasteiger partial charge in [-0.25, -0.2) is 9.78 Å². The Kier molecular flexibility index (Phi) is 10.4. The number of phenolic OH excluding ortho intramolecular Hbond substituents is 3. The summed E-state index contributed by atoms with van der Waals surface area (Å²) in [5, 5.41) is 76.2. The second kappa shape index (κ2) is 15.6. The van der Waals surface area contributed by atoms with Gasteiger partial charge in [-0.2, -0.15) is 19.6 Å². The van der Waals surface area contributed by atoms with Crippen molar-refractivity contribution in [3.05, 3.63) is 102 Å². The monoisotopic (exact) mass is 751 g/mol. The number of aliphatic hydroxyl groups excluding tert-OH is 3. The second-order valence-corrected chi connectivity index (χ2v) is 12.9. The Morgan fingerprint density at radius 2 is 1.56 bits per heavy atom. The Hall–Kier alpha value is -6.83. The number of phenols is 3. The molecule has 1 aliphatic carbocycles. The van der Waals surface area contributed by atoms with E-state index in [9.17, 15) is 40.2 Å². The van der Waals surface area contributed by atoms with Gasteiger partial charge in [0, 0.05) is 19.0 Å². The van der Waals surface area contributed by atoms with Crippen LogP contribution in [0.2, 0.25) is 0 Å². The van der Waals surface area contributed by atoms with E-state index in [0.717, 1.165) is 11.1 Å². The number of hydrogen-bond acceptors (Lipinski definition) is 14. The number of fused-ring (bicyclic) bond motifs is 1. The average molecular weight is 752 g/mol. The molecule has 0 saturated heterocycles. The molecule has 0 aliphatic heterocycles. The fraction of sp³-hybridized carbons (Fsp3) is 0.250. The number of carbonyl (C=O) groups excluding carboxylic acids is 2. The summed E-state index contributed by atoms with van der Waals surface area (Å²) in [5.74, 6) is -0.561. The van der Waals surface area contributed by atoms with Crippen LogP contribution in [0.1, 0.15) is 35.1 Å². The van der Waals surface area contributed by atoms with Gasteiger partial charge in [0.2, 0.25) is 5.91 Å². The topological polar surface area (TPSA) is 278 Å². The van der Waals surface area contributed by atoms with Crippen molar-refractivity contribution in [1.29, 1.82) is 0 Å². The first-order chi connectivity index (χ1) is 26.6. The predicted octanol–water partition coefficient (Wildman–Crippen LogP) is 1.23. The van der Waals surface area contributed by atoms with Crippen molar-refractivity contribution in [2.75, 3.05) is 23.8 Å². The summed E-state index contributed by atoms with van der Waals surface area (Å²) in [6, 6.07) is 17.6. The number of nitrogens with one attached hydrogen (secondary N) is 4. The van der Waals surface area contributed by atoms with Crippen molar-refractivity contribution in [2.45, 2.75) is 43.2 Å². The third-order valence-corrected chi connectivity index (χ3v) is 9.26. The maximum absolute atomic E-state index is 12.7. The molecule has 4 atom stereocenters. The van der Waals surface area contributed by atoms with Crippen LogP contribution in [0.3, 0.4) is 0 Å². The highest BCUT2D eigenvalue weighted by Gasteiger charge is 2.44. The van der Waals surface area contributed by atoms with E-state index in [1.165, 1.54) is 29.5 Å². The van der Waals surface area contributed by atoms with Crippen LogP contribution in [-0.2, 0) is 11.3 Å². The zero-order chi connectivity index (χ0) is 38.6. The number of anilines is 2. The van der Waals surface area contributed by atoms with Gasteiger partial charge in [0.15, 0.2) is 17.0 Å². The smallest absolute Gasteiger partial charge is 0.321 e. The molecule has 1 fully saturated rings. The van der Waals surface area contributed by atoms with E-state index in [-0.39, 0.29) is 66.0 Å². The number of nitrogens with zero attached hydrogens (tertiary/aromatic N) is 7. The van der Waals surface area contributed by atoms with E-state index in [1.54, 1.807) is 65.2 Å². The summed E-state index contributed by atoms with van der Waals surface area (Å²) >= 11 is 0. The quantitative estimate of drug-likeness (QED) is 0.0843. The predicted molar refractivity (Wildman–Crippen MR) is 195 cm³/mol. The first-order valence-electron chi connectivity index (χ1n) is 17.1. The Morgan fingerprint density at radius 1 is 0.855 bits per heavy atom. The van der Waals surface area contributed by atoms with Crippen molar-refractivity contribution in [1.82, 2.24) is 44.9 Å². The van der Waals surface area contributed by atoms with Crippen LogP contribution < -0.4 is 21.3 Å². The van der Waals surface area contributed by atoms with Crippen LogP contribution in [0, 0.1) is 0 Å². The van der Waals surface area contributed by atoms with E-state index in [1.807, 2.05) is 0 Å². The number of urea groups is 1. The van der Waals surface area contributed by atoms with E-state index in [2.05, 4.69) is 36.3 Å². The number of rotatable bonds is 12. The minimum atomic E-state index is -1.35. The highest BCUT2D eigenvalue weighted by atomic mass is 16.3. The number of amides is 3. The van der Waals surface area contributed by atoms with Gasteiger partial charge in [0.05, 0.1) is 18.4 Å². The number of aromatic nitrogens is 7. The number of aromatic hydroxyl groups is 3. The van der Waals surface area contributed by atoms with E-state index in [0.29, 0.717) is 11.1 Å². The molecule has 10 N–H and O–H groups in total. The number of imidazole rings is 1. The van der Waals surface area contributed by atoms with Crippen LogP contribution in [-0.4, -0.2) is 108 Å². The van der Waals surface area contributed by atoms with Gasteiger partial charge in [-0.3, -0.25) is 10.1 Å². The third-order valence-electron chi connectivity index (χ3n) is 9.26. The van der Waals surface area contributed by atoms with Gasteiger partial charge in [-0.15, -0.1) is 5.10 Å². The summed E-state index contributed by atoms with van der Waals surface area (Å²) in [6.45, 7) is -0.411. The first-order valence-corrected chi connectivity index (χ1v) is 17.1.